The number of hydrogen-bond donors (Lipinski definition) is 2. The van der Waals surface area contributed by atoms with Crippen LogP contribution in [-0.2, 0) is 9.53 Å². The molecule has 0 aliphatic heterocycles. The molecule has 6 nitrogen and oxygen atoms in total. The summed E-state index contributed by atoms with van der Waals surface area (Å²) in [5, 5.41) is 10.7. The number of carbonyl (C=O) groups is 1. The standard InChI is InChI=1S/C11H20N4O2S/c1-5-6-12-11(3,9(16)17-4)7-18-10-13-8(2)14-15-10/h12H,5-7H2,1-4H3,(H,13,14,15). The minimum Gasteiger partial charge on any atom is -0.468 e. The monoisotopic (exact) mass is 272 g/mol. The zero-order chi connectivity index (χ0) is 13.6. The zero-order valence-corrected chi connectivity index (χ0v) is 12.1. The number of nitrogens with one attached hydrogen (secondary N) is 2. The van der Waals surface area contributed by atoms with Crippen LogP contribution in [0.2, 0.25) is 0 Å². The highest BCUT2D eigenvalue weighted by Crippen LogP contribution is 2.20. The van der Waals surface area contributed by atoms with Gasteiger partial charge in [0.25, 0.3) is 0 Å². The van der Waals surface area contributed by atoms with Crippen molar-refractivity contribution in [2.24, 2.45) is 0 Å². The summed E-state index contributed by atoms with van der Waals surface area (Å²) >= 11 is 1.43. The Morgan fingerprint density at radius 1 is 1.61 bits per heavy atom. The molecule has 1 atom stereocenters. The molecule has 0 fully saturated rings. The van der Waals surface area contributed by atoms with Gasteiger partial charge in [-0.3, -0.25) is 9.89 Å². The predicted octanol–water partition coefficient (Wildman–Crippen LogP) is 1.14. The summed E-state index contributed by atoms with van der Waals surface area (Å²) in [6.07, 6.45) is 0.955. The third-order valence-electron chi connectivity index (χ3n) is 2.47. The Bertz CT molecular complexity index is 396. The van der Waals surface area contributed by atoms with Gasteiger partial charge in [-0.25, -0.2) is 4.98 Å². The molecule has 102 valence electrons. The van der Waals surface area contributed by atoms with E-state index in [1.54, 1.807) is 0 Å². The lowest BCUT2D eigenvalue weighted by atomic mass is 10.1. The van der Waals surface area contributed by atoms with Crippen LogP contribution in [0.3, 0.4) is 0 Å². The second-order valence-corrected chi connectivity index (χ2v) is 5.19. The average Bonchev–Trinajstić information content (AvgIpc) is 2.78. The maximum absolute atomic E-state index is 11.8. The van der Waals surface area contributed by atoms with Gasteiger partial charge in [-0.15, -0.1) is 5.10 Å². The molecule has 0 aliphatic carbocycles. The van der Waals surface area contributed by atoms with E-state index in [1.165, 1.54) is 18.9 Å². The van der Waals surface area contributed by atoms with Gasteiger partial charge in [-0.05, 0) is 26.8 Å². The van der Waals surface area contributed by atoms with Gasteiger partial charge < -0.3 is 10.1 Å². The van der Waals surface area contributed by atoms with Gasteiger partial charge in [-0.1, -0.05) is 18.7 Å². The topological polar surface area (TPSA) is 79.9 Å². The first-order chi connectivity index (χ1) is 8.51. The average molecular weight is 272 g/mol. The number of nitrogens with zero attached hydrogens (tertiary/aromatic N) is 2. The molecule has 0 aliphatic rings. The Hall–Kier alpha value is -1.08. The summed E-state index contributed by atoms with van der Waals surface area (Å²) in [6.45, 7) is 6.49. The lowest BCUT2D eigenvalue weighted by Gasteiger charge is -2.27. The molecule has 0 radical (unpaired) electrons. The van der Waals surface area contributed by atoms with E-state index in [2.05, 4.69) is 27.4 Å². The maximum Gasteiger partial charge on any atom is 0.326 e. The van der Waals surface area contributed by atoms with Gasteiger partial charge in [0.05, 0.1) is 7.11 Å². The fraction of sp³-hybridized carbons (Fsp3) is 0.727. The van der Waals surface area contributed by atoms with Crippen LogP contribution >= 0.6 is 11.8 Å². The Labute approximate surface area is 111 Å². The first-order valence-electron chi connectivity index (χ1n) is 5.87. The maximum atomic E-state index is 11.8. The van der Waals surface area contributed by atoms with Crippen molar-refractivity contribution < 1.29 is 9.53 Å². The normalized spacial score (nSPS) is 14.2. The summed E-state index contributed by atoms with van der Waals surface area (Å²) in [5.41, 5.74) is -0.718. The summed E-state index contributed by atoms with van der Waals surface area (Å²) in [7, 11) is 1.40. The van der Waals surface area contributed by atoms with Crippen LogP contribution in [0.25, 0.3) is 0 Å². The van der Waals surface area contributed by atoms with Gasteiger partial charge in [0.2, 0.25) is 5.16 Å². The Kier molecular flexibility index (Phi) is 5.61. The van der Waals surface area contributed by atoms with Crippen molar-refractivity contribution in [3.05, 3.63) is 5.82 Å². The molecular formula is C11H20N4O2S. The summed E-state index contributed by atoms with van der Waals surface area (Å²) in [6, 6.07) is 0. The zero-order valence-electron chi connectivity index (χ0n) is 11.2. The molecule has 1 unspecified atom stereocenters. The fourth-order valence-corrected chi connectivity index (χ4v) is 2.35. The number of aromatic amines is 1. The summed E-state index contributed by atoms with van der Waals surface area (Å²) in [4.78, 5) is 16.0. The van der Waals surface area contributed by atoms with Crippen molar-refractivity contribution in [3.8, 4) is 0 Å². The highest BCUT2D eigenvalue weighted by molar-refractivity contribution is 7.99. The number of H-pyrrole nitrogens is 1. The number of rotatable bonds is 7. The molecule has 1 aromatic rings. The highest BCUT2D eigenvalue weighted by Gasteiger charge is 2.34. The van der Waals surface area contributed by atoms with Crippen molar-refractivity contribution in [3.63, 3.8) is 0 Å². The second-order valence-electron chi connectivity index (χ2n) is 4.24. The van der Waals surface area contributed by atoms with Crippen LogP contribution in [0.5, 0.6) is 0 Å². The van der Waals surface area contributed by atoms with Crippen molar-refractivity contribution in [2.45, 2.75) is 37.9 Å². The number of ether oxygens (including phenoxy) is 1. The van der Waals surface area contributed by atoms with E-state index in [0.717, 1.165) is 18.8 Å². The largest absolute Gasteiger partial charge is 0.468 e. The molecule has 1 aromatic heterocycles. The van der Waals surface area contributed by atoms with E-state index in [4.69, 9.17) is 4.74 Å². The van der Waals surface area contributed by atoms with Crippen LogP contribution in [0.4, 0.5) is 0 Å². The molecule has 18 heavy (non-hydrogen) atoms. The minimum absolute atomic E-state index is 0.268. The van der Waals surface area contributed by atoms with E-state index in [1.807, 2.05) is 13.8 Å². The molecule has 1 rings (SSSR count). The molecule has 0 saturated carbocycles. The lowest BCUT2D eigenvalue weighted by molar-refractivity contribution is -0.146. The third-order valence-corrected chi connectivity index (χ3v) is 3.63. The smallest absolute Gasteiger partial charge is 0.326 e. The summed E-state index contributed by atoms with van der Waals surface area (Å²) < 4.78 is 4.84. The molecular weight excluding hydrogens is 252 g/mol. The molecule has 0 spiro atoms. The fourth-order valence-electron chi connectivity index (χ4n) is 1.40. The Morgan fingerprint density at radius 2 is 2.33 bits per heavy atom. The first-order valence-corrected chi connectivity index (χ1v) is 6.85. The van der Waals surface area contributed by atoms with Crippen molar-refractivity contribution in [1.82, 2.24) is 20.5 Å². The van der Waals surface area contributed by atoms with Gasteiger partial charge >= 0.3 is 5.97 Å². The van der Waals surface area contributed by atoms with Crippen LogP contribution in [0.15, 0.2) is 5.16 Å². The highest BCUT2D eigenvalue weighted by atomic mass is 32.2. The lowest BCUT2D eigenvalue weighted by Crippen LogP contribution is -2.52. The quantitative estimate of drug-likeness (QED) is 0.572. The van der Waals surface area contributed by atoms with E-state index in [0.29, 0.717) is 10.9 Å². The predicted molar refractivity (Wildman–Crippen MR) is 70.6 cm³/mol. The molecule has 0 saturated heterocycles. The van der Waals surface area contributed by atoms with Crippen LogP contribution < -0.4 is 5.32 Å². The van der Waals surface area contributed by atoms with Crippen LogP contribution in [0, 0.1) is 6.92 Å². The molecule has 0 amide bonds. The Morgan fingerprint density at radius 3 is 2.83 bits per heavy atom. The van der Waals surface area contributed by atoms with Crippen LogP contribution in [0.1, 0.15) is 26.1 Å². The summed E-state index contributed by atoms with van der Waals surface area (Å²) in [5.74, 6) is 1.02. The molecule has 0 bridgehead atoms. The van der Waals surface area contributed by atoms with Crippen molar-refractivity contribution in [2.75, 3.05) is 19.4 Å². The second kappa shape index (κ2) is 6.75. The van der Waals surface area contributed by atoms with Crippen LogP contribution in [-0.4, -0.2) is 46.1 Å². The van der Waals surface area contributed by atoms with Gasteiger partial charge in [0.1, 0.15) is 11.4 Å². The van der Waals surface area contributed by atoms with Crippen molar-refractivity contribution in [1.29, 1.82) is 0 Å². The van der Waals surface area contributed by atoms with Gasteiger partial charge in [0.15, 0.2) is 0 Å². The molecule has 7 heteroatoms. The van der Waals surface area contributed by atoms with E-state index in [-0.39, 0.29) is 5.97 Å². The number of thioether (sulfide) groups is 1. The number of hydrogen-bond acceptors (Lipinski definition) is 6. The Balaban J connectivity index is 2.63. The van der Waals surface area contributed by atoms with Crippen molar-refractivity contribution >= 4 is 17.7 Å². The SMILES string of the molecule is CCCNC(C)(CSc1n[nH]c(C)n1)C(=O)OC. The van der Waals surface area contributed by atoms with Gasteiger partial charge in [-0.2, -0.15) is 0 Å². The first kappa shape index (κ1) is 15.0. The van der Waals surface area contributed by atoms with E-state index in [9.17, 15) is 4.79 Å². The van der Waals surface area contributed by atoms with Gasteiger partial charge in [0, 0.05) is 5.75 Å². The number of carbonyl (C=O) groups excluding carboxylic acids is 1. The number of aryl methyl sites for hydroxylation is 1. The number of esters is 1. The van der Waals surface area contributed by atoms with E-state index < -0.39 is 5.54 Å². The van der Waals surface area contributed by atoms with E-state index >= 15 is 0 Å². The third kappa shape index (κ3) is 3.99. The number of aromatic nitrogens is 3. The number of methoxy groups -OCH3 is 1. The minimum atomic E-state index is -0.718. The molecule has 2 N–H and O–H groups in total. The molecule has 1 heterocycles. The molecule has 0 aromatic carbocycles.